The van der Waals surface area contributed by atoms with Gasteiger partial charge in [0, 0.05) is 32.9 Å². The van der Waals surface area contributed by atoms with Gasteiger partial charge in [-0.15, -0.1) is 11.8 Å². The Kier molecular flexibility index (Phi) is 7.79. The van der Waals surface area contributed by atoms with E-state index in [4.69, 9.17) is 0 Å². The third-order valence-electron chi connectivity index (χ3n) is 5.29. The number of carbonyl (C=O) groups excluding carboxylic acids is 1. The molecule has 0 aliphatic heterocycles. The van der Waals surface area contributed by atoms with Gasteiger partial charge in [0.15, 0.2) is 0 Å². The maximum atomic E-state index is 12.4. The van der Waals surface area contributed by atoms with Crippen molar-refractivity contribution < 1.29 is 4.79 Å². The average molecular weight is 498 g/mol. The van der Waals surface area contributed by atoms with E-state index in [1.54, 1.807) is 18.0 Å². The van der Waals surface area contributed by atoms with Crippen LogP contribution in [0.2, 0.25) is 0 Å². The summed E-state index contributed by atoms with van der Waals surface area (Å²) in [4.78, 5) is 12.4. The summed E-state index contributed by atoms with van der Waals surface area (Å²) in [5.41, 5.74) is 10.6. The van der Waals surface area contributed by atoms with Gasteiger partial charge in [-0.05, 0) is 67.7 Å². The lowest BCUT2D eigenvalue weighted by Gasteiger charge is -2.13. The topological polar surface area (TPSA) is 46.4 Å². The van der Waals surface area contributed by atoms with E-state index in [1.807, 2.05) is 25.1 Å². The van der Waals surface area contributed by atoms with Gasteiger partial charge in [0.25, 0.3) is 5.91 Å². The number of hydrazone groups is 1. The summed E-state index contributed by atoms with van der Waals surface area (Å²) < 4.78 is 3.20. The number of benzene rings is 2. The Morgan fingerprint density at radius 2 is 1.84 bits per heavy atom. The Bertz CT molecular complexity index is 1110. The number of aromatic nitrogens is 1. The van der Waals surface area contributed by atoms with Gasteiger partial charge in [-0.1, -0.05) is 48.0 Å². The fourth-order valence-electron chi connectivity index (χ4n) is 3.51. The molecule has 0 unspecified atom stereocenters. The monoisotopic (exact) mass is 497 g/mol. The zero-order valence-corrected chi connectivity index (χ0v) is 21.0. The van der Waals surface area contributed by atoms with Crippen molar-refractivity contribution in [3.8, 4) is 5.69 Å². The summed E-state index contributed by atoms with van der Waals surface area (Å²) in [6, 6.07) is 16.6. The molecule has 1 N–H and O–H groups in total. The molecule has 2 aromatic carbocycles. The molecule has 0 fully saturated rings. The van der Waals surface area contributed by atoms with E-state index in [1.165, 1.54) is 16.7 Å². The molecule has 0 saturated carbocycles. The number of thioether (sulfide) groups is 1. The Labute approximate surface area is 197 Å². The van der Waals surface area contributed by atoms with Crippen LogP contribution in [-0.4, -0.2) is 21.9 Å². The smallest absolute Gasteiger partial charge is 0.252 e. The van der Waals surface area contributed by atoms with Crippen LogP contribution in [0, 0.1) is 27.7 Å². The SMILES string of the molecule is Cc1ccc(-n2c(C)c(Br)c(/C=N\NC(=O)[C@H](C)SCc3ccccc3)c2C)c(C)c1. The molecule has 0 saturated heterocycles. The molecule has 1 amide bonds. The summed E-state index contributed by atoms with van der Waals surface area (Å²) in [6.45, 7) is 10.3. The van der Waals surface area contributed by atoms with Crippen LogP contribution in [0.3, 0.4) is 0 Å². The van der Waals surface area contributed by atoms with E-state index >= 15 is 0 Å². The molecule has 0 aliphatic rings. The highest BCUT2D eigenvalue weighted by Crippen LogP contribution is 2.31. The molecule has 1 aromatic heterocycles. The standard InChI is InChI=1S/C25H28BrN3OS/c1-16-11-12-23(17(2)13-16)29-18(3)22(24(26)19(29)4)14-27-28-25(30)20(5)31-15-21-9-7-6-8-10-21/h6-14,20H,15H2,1-5H3,(H,28,30)/b27-14-/t20-/m0/s1. The molecule has 4 nitrogen and oxygen atoms in total. The summed E-state index contributed by atoms with van der Waals surface area (Å²) in [7, 11) is 0. The Morgan fingerprint density at radius 3 is 2.52 bits per heavy atom. The van der Waals surface area contributed by atoms with Crippen molar-refractivity contribution in [3.05, 3.63) is 86.6 Å². The highest BCUT2D eigenvalue weighted by Gasteiger charge is 2.17. The van der Waals surface area contributed by atoms with Crippen molar-refractivity contribution in [2.24, 2.45) is 5.10 Å². The van der Waals surface area contributed by atoms with Gasteiger partial charge in [-0.2, -0.15) is 5.10 Å². The summed E-state index contributed by atoms with van der Waals surface area (Å²) in [5.74, 6) is 0.693. The number of rotatable bonds is 7. The normalized spacial score (nSPS) is 12.3. The number of nitrogens with one attached hydrogen (secondary N) is 1. The van der Waals surface area contributed by atoms with Crippen LogP contribution >= 0.6 is 27.7 Å². The predicted octanol–water partition coefficient (Wildman–Crippen LogP) is 6.25. The van der Waals surface area contributed by atoms with E-state index in [2.05, 4.69) is 89.1 Å². The first-order valence-electron chi connectivity index (χ1n) is 10.2. The predicted molar refractivity (Wildman–Crippen MR) is 135 cm³/mol. The number of amides is 1. The largest absolute Gasteiger partial charge is 0.316 e. The Balaban J connectivity index is 1.70. The molecule has 3 rings (SSSR count). The molecule has 0 bridgehead atoms. The maximum absolute atomic E-state index is 12.4. The van der Waals surface area contributed by atoms with Crippen molar-refractivity contribution in [2.75, 3.05) is 0 Å². The number of aryl methyl sites for hydroxylation is 2. The molecule has 0 radical (unpaired) electrons. The van der Waals surface area contributed by atoms with Gasteiger partial charge in [-0.3, -0.25) is 4.79 Å². The molecular formula is C25H28BrN3OS. The van der Waals surface area contributed by atoms with Crippen LogP contribution in [0.25, 0.3) is 5.69 Å². The van der Waals surface area contributed by atoms with Crippen LogP contribution in [0.15, 0.2) is 58.1 Å². The Morgan fingerprint density at radius 1 is 1.13 bits per heavy atom. The molecule has 0 aliphatic carbocycles. The van der Waals surface area contributed by atoms with E-state index in [0.29, 0.717) is 0 Å². The molecule has 0 spiro atoms. The molecular weight excluding hydrogens is 470 g/mol. The molecule has 1 atom stereocenters. The molecule has 162 valence electrons. The zero-order valence-electron chi connectivity index (χ0n) is 18.6. The van der Waals surface area contributed by atoms with Crippen LogP contribution in [0.1, 0.15) is 40.6 Å². The number of nitrogens with zero attached hydrogens (tertiary/aromatic N) is 2. The molecule has 6 heteroatoms. The van der Waals surface area contributed by atoms with Gasteiger partial charge in [0.05, 0.1) is 11.5 Å². The molecule has 1 heterocycles. The van der Waals surface area contributed by atoms with Crippen LogP contribution in [-0.2, 0) is 10.5 Å². The number of carbonyl (C=O) groups is 1. The van der Waals surface area contributed by atoms with Crippen molar-refractivity contribution in [2.45, 2.75) is 45.6 Å². The average Bonchev–Trinajstić information content (AvgIpc) is 2.96. The first kappa shape index (κ1) is 23.4. The van der Waals surface area contributed by atoms with E-state index in [0.717, 1.165) is 32.9 Å². The van der Waals surface area contributed by atoms with Gasteiger partial charge in [0.1, 0.15) is 0 Å². The second-order valence-corrected chi connectivity index (χ2v) is 9.82. The summed E-state index contributed by atoms with van der Waals surface area (Å²) in [5, 5.41) is 4.05. The first-order chi connectivity index (χ1) is 14.8. The van der Waals surface area contributed by atoms with Crippen LogP contribution in [0.5, 0.6) is 0 Å². The van der Waals surface area contributed by atoms with Crippen LogP contribution < -0.4 is 5.43 Å². The van der Waals surface area contributed by atoms with Gasteiger partial charge in [0.2, 0.25) is 0 Å². The van der Waals surface area contributed by atoms with E-state index < -0.39 is 0 Å². The van der Waals surface area contributed by atoms with Crippen molar-refractivity contribution in [1.29, 1.82) is 0 Å². The molecule has 3 aromatic rings. The lowest BCUT2D eigenvalue weighted by Crippen LogP contribution is -2.27. The van der Waals surface area contributed by atoms with Crippen molar-refractivity contribution in [1.82, 2.24) is 9.99 Å². The number of hydrogen-bond donors (Lipinski definition) is 1. The second-order valence-electron chi connectivity index (χ2n) is 7.70. The molecule has 31 heavy (non-hydrogen) atoms. The first-order valence-corrected chi connectivity index (χ1v) is 12.1. The third-order valence-corrected chi connectivity index (χ3v) is 7.50. The second kappa shape index (κ2) is 10.3. The van der Waals surface area contributed by atoms with E-state index in [9.17, 15) is 4.79 Å². The Hall–Kier alpha value is -2.31. The number of halogens is 1. The van der Waals surface area contributed by atoms with Gasteiger partial charge in [-0.25, -0.2) is 5.43 Å². The third kappa shape index (κ3) is 5.49. The van der Waals surface area contributed by atoms with Crippen molar-refractivity contribution in [3.63, 3.8) is 0 Å². The lowest BCUT2D eigenvalue weighted by molar-refractivity contribution is -0.120. The maximum Gasteiger partial charge on any atom is 0.252 e. The van der Waals surface area contributed by atoms with Crippen LogP contribution in [0.4, 0.5) is 0 Å². The minimum Gasteiger partial charge on any atom is -0.316 e. The summed E-state index contributed by atoms with van der Waals surface area (Å²) in [6.07, 6.45) is 1.72. The van der Waals surface area contributed by atoms with Crippen molar-refractivity contribution >= 4 is 39.8 Å². The minimum absolute atomic E-state index is 0.100. The van der Waals surface area contributed by atoms with Gasteiger partial charge >= 0.3 is 0 Å². The fraction of sp³-hybridized carbons (Fsp3) is 0.280. The number of hydrogen-bond acceptors (Lipinski definition) is 3. The van der Waals surface area contributed by atoms with E-state index in [-0.39, 0.29) is 11.2 Å². The lowest BCUT2D eigenvalue weighted by atomic mass is 10.1. The zero-order chi connectivity index (χ0) is 22.5. The van der Waals surface area contributed by atoms with Gasteiger partial charge < -0.3 is 4.57 Å². The summed E-state index contributed by atoms with van der Waals surface area (Å²) >= 11 is 5.30. The highest BCUT2D eigenvalue weighted by molar-refractivity contribution is 9.10. The highest BCUT2D eigenvalue weighted by atomic mass is 79.9. The fourth-order valence-corrected chi connectivity index (χ4v) is 4.92. The minimum atomic E-state index is -0.191. The quantitative estimate of drug-likeness (QED) is 0.309.